The smallest absolute Gasteiger partial charge is 0.125 e. The molecular weight excluding hydrogens is 264 g/mol. The first-order valence-electron chi connectivity index (χ1n) is 7.30. The van der Waals surface area contributed by atoms with Gasteiger partial charge < -0.3 is 14.6 Å². The van der Waals surface area contributed by atoms with Crippen LogP contribution in [0.1, 0.15) is 30.6 Å². The molecule has 0 aliphatic rings. The Kier molecular flexibility index (Phi) is 5.64. The summed E-state index contributed by atoms with van der Waals surface area (Å²) in [5.41, 5.74) is 1.97. The predicted octanol–water partition coefficient (Wildman–Crippen LogP) is 3.90. The molecule has 0 amide bonds. The van der Waals surface area contributed by atoms with Crippen molar-refractivity contribution in [3.05, 3.63) is 59.7 Å². The van der Waals surface area contributed by atoms with Gasteiger partial charge in [-0.3, -0.25) is 0 Å². The lowest BCUT2D eigenvalue weighted by molar-refractivity contribution is 0.137. The summed E-state index contributed by atoms with van der Waals surface area (Å²) in [7, 11) is 0. The molecule has 0 bridgehead atoms. The number of hydrogen-bond donors (Lipinski definition) is 1. The molecule has 2 rings (SSSR count). The van der Waals surface area contributed by atoms with E-state index in [1.54, 1.807) is 0 Å². The highest BCUT2D eigenvalue weighted by atomic mass is 16.5. The number of aliphatic hydroxyl groups excluding tert-OH is 1. The monoisotopic (exact) mass is 286 g/mol. The molecule has 0 heterocycles. The van der Waals surface area contributed by atoms with E-state index in [9.17, 15) is 5.11 Å². The second-order valence-electron chi connectivity index (χ2n) is 4.94. The highest BCUT2D eigenvalue weighted by molar-refractivity contribution is 5.35. The van der Waals surface area contributed by atoms with Gasteiger partial charge >= 0.3 is 0 Å². The van der Waals surface area contributed by atoms with Crippen molar-refractivity contribution in [2.24, 2.45) is 0 Å². The lowest BCUT2D eigenvalue weighted by Gasteiger charge is -2.16. The fourth-order valence-corrected chi connectivity index (χ4v) is 2.19. The highest BCUT2D eigenvalue weighted by Gasteiger charge is 2.13. The quantitative estimate of drug-likeness (QED) is 0.839. The number of para-hydroxylation sites is 1. The minimum atomic E-state index is -0.586. The summed E-state index contributed by atoms with van der Waals surface area (Å²) >= 11 is 0. The van der Waals surface area contributed by atoms with Gasteiger partial charge in [0.2, 0.25) is 0 Å². The zero-order valence-electron chi connectivity index (χ0n) is 12.6. The Labute approximate surface area is 126 Å². The Balaban J connectivity index is 1.91. The molecule has 0 spiro atoms. The molecule has 21 heavy (non-hydrogen) atoms. The molecule has 0 aromatic heterocycles. The van der Waals surface area contributed by atoms with Crippen LogP contribution in [0.25, 0.3) is 0 Å². The molecule has 1 atom stereocenters. The third-order valence-corrected chi connectivity index (χ3v) is 3.23. The Morgan fingerprint density at radius 1 is 1.05 bits per heavy atom. The standard InChI is InChI=1S/C18H22O3/c1-3-20-18-10-5-4-9-16(18)17(19)11-12-21-15-8-6-7-14(2)13-15/h4-10,13,17,19H,3,11-12H2,1-2H3. The van der Waals surface area contributed by atoms with Gasteiger partial charge in [0.15, 0.2) is 0 Å². The van der Waals surface area contributed by atoms with Crippen molar-refractivity contribution in [1.29, 1.82) is 0 Å². The van der Waals surface area contributed by atoms with Crippen LogP contribution in [0.4, 0.5) is 0 Å². The van der Waals surface area contributed by atoms with Crippen LogP contribution in [0, 0.1) is 6.92 Å². The van der Waals surface area contributed by atoms with Gasteiger partial charge in [-0.1, -0.05) is 30.3 Å². The zero-order chi connectivity index (χ0) is 15.1. The summed E-state index contributed by atoms with van der Waals surface area (Å²) in [5, 5.41) is 10.3. The van der Waals surface area contributed by atoms with Crippen molar-refractivity contribution < 1.29 is 14.6 Å². The third kappa shape index (κ3) is 4.50. The Morgan fingerprint density at radius 2 is 1.86 bits per heavy atom. The lowest BCUT2D eigenvalue weighted by Crippen LogP contribution is -2.07. The molecule has 0 aliphatic heterocycles. The average molecular weight is 286 g/mol. The number of hydrogen-bond acceptors (Lipinski definition) is 3. The molecule has 2 aromatic carbocycles. The molecule has 112 valence electrons. The van der Waals surface area contributed by atoms with Crippen molar-refractivity contribution in [1.82, 2.24) is 0 Å². The third-order valence-electron chi connectivity index (χ3n) is 3.23. The van der Waals surface area contributed by atoms with Crippen LogP contribution in [0.2, 0.25) is 0 Å². The second kappa shape index (κ2) is 7.70. The maximum absolute atomic E-state index is 10.3. The summed E-state index contributed by atoms with van der Waals surface area (Å²) < 4.78 is 11.2. The summed E-state index contributed by atoms with van der Waals surface area (Å²) in [6, 6.07) is 15.5. The number of aliphatic hydroxyl groups is 1. The van der Waals surface area contributed by atoms with Crippen LogP contribution in [-0.4, -0.2) is 18.3 Å². The van der Waals surface area contributed by atoms with Gasteiger partial charge in [-0.15, -0.1) is 0 Å². The SMILES string of the molecule is CCOc1ccccc1C(O)CCOc1cccc(C)c1. The molecule has 2 aromatic rings. The van der Waals surface area contributed by atoms with Crippen LogP contribution in [0.5, 0.6) is 11.5 Å². The Hall–Kier alpha value is -2.00. The van der Waals surface area contributed by atoms with Crippen molar-refractivity contribution in [3.8, 4) is 11.5 Å². The molecule has 0 saturated carbocycles. The van der Waals surface area contributed by atoms with Crippen LogP contribution in [-0.2, 0) is 0 Å². The van der Waals surface area contributed by atoms with E-state index in [1.165, 1.54) is 0 Å². The van der Waals surface area contributed by atoms with Crippen LogP contribution < -0.4 is 9.47 Å². The first-order chi connectivity index (χ1) is 10.2. The van der Waals surface area contributed by atoms with Gasteiger partial charge in [-0.2, -0.15) is 0 Å². The topological polar surface area (TPSA) is 38.7 Å². The maximum Gasteiger partial charge on any atom is 0.125 e. The van der Waals surface area contributed by atoms with E-state index in [1.807, 2.05) is 62.4 Å². The molecule has 0 fully saturated rings. The molecular formula is C18H22O3. The number of aryl methyl sites for hydroxylation is 1. The average Bonchev–Trinajstić information content (AvgIpc) is 2.48. The number of ether oxygens (including phenoxy) is 2. The van der Waals surface area contributed by atoms with Crippen molar-refractivity contribution in [2.45, 2.75) is 26.4 Å². The van der Waals surface area contributed by atoms with E-state index in [0.717, 1.165) is 22.6 Å². The van der Waals surface area contributed by atoms with Crippen LogP contribution in [0.15, 0.2) is 48.5 Å². The Bertz CT molecular complexity index is 566. The van der Waals surface area contributed by atoms with Gasteiger partial charge in [-0.25, -0.2) is 0 Å². The van der Waals surface area contributed by atoms with E-state index < -0.39 is 6.10 Å². The van der Waals surface area contributed by atoms with E-state index in [-0.39, 0.29) is 0 Å². The van der Waals surface area contributed by atoms with E-state index in [0.29, 0.717) is 19.6 Å². The minimum absolute atomic E-state index is 0.463. The molecule has 3 nitrogen and oxygen atoms in total. The lowest BCUT2D eigenvalue weighted by atomic mass is 10.1. The largest absolute Gasteiger partial charge is 0.493 e. The first kappa shape index (κ1) is 15.4. The molecule has 0 aliphatic carbocycles. The van der Waals surface area contributed by atoms with Crippen molar-refractivity contribution in [3.63, 3.8) is 0 Å². The van der Waals surface area contributed by atoms with Crippen molar-refractivity contribution in [2.75, 3.05) is 13.2 Å². The normalized spacial score (nSPS) is 12.0. The molecule has 0 saturated heterocycles. The molecule has 1 unspecified atom stereocenters. The highest BCUT2D eigenvalue weighted by Crippen LogP contribution is 2.27. The van der Waals surface area contributed by atoms with E-state index in [4.69, 9.17) is 9.47 Å². The molecule has 1 N–H and O–H groups in total. The Morgan fingerprint density at radius 3 is 2.62 bits per heavy atom. The van der Waals surface area contributed by atoms with Gasteiger partial charge in [0, 0.05) is 12.0 Å². The predicted molar refractivity (Wildman–Crippen MR) is 83.9 cm³/mol. The van der Waals surface area contributed by atoms with Crippen LogP contribution in [0.3, 0.4) is 0 Å². The number of benzene rings is 2. The van der Waals surface area contributed by atoms with E-state index in [2.05, 4.69) is 0 Å². The van der Waals surface area contributed by atoms with Gasteiger partial charge in [-0.05, 0) is 37.6 Å². The summed E-state index contributed by atoms with van der Waals surface area (Å²) in [6.45, 7) is 5.01. The van der Waals surface area contributed by atoms with Crippen molar-refractivity contribution >= 4 is 0 Å². The fraction of sp³-hybridized carbons (Fsp3) is 0.333. The van der Waals surface area contributed by atoms with E-state index >= 15 is 0 Å². The maximum atomic E-state index is 10.3. The van der Waals surface area contributed by atoms with Gasteiger partial charge in [0.1, 0.15) is 11.5 Å². The number of rotatable bonds is 7. The minimum Gasteiger partial charge on any atom is -0.493 e. The van der Waals surface area contributed by atoms with Gasteiger partial charge in [0.05, 0.1) is 19.3 Å². The van der Waals surface area contributed by atoms with Gasteiger partial charge in [0.25, 0.3) is 0 Å². The second-order valence-corrected chi connectivity index (χ2v) is 4.94. The molecule has 0 radical (unpaired) electrons. The zero-order valence-corrected chi connectivity index (χ0v) is 12.6. The van der Waals surface area contributed by atoms with Crippen LogP contribution >= 0.6 is 0 Å². The summed E-state index contributed by atoms with van der Waals surface area (Å²) in [6.07, 6.45) is -0.0598. The fourth-order valence-electron chi connectivity index (χ4n) is 2.19. The summed E-state index contributed by atoms with van der Waals surface area (Å²) in [5.74, 6) is 1.57. The summed E-state index contributed by atoms with van der Waals surface area (Å²) in [4.78, 5) is 0. The molecule has 3 heteroatoms. The first-order valence-corrected chi connectivity index (χ1v) is 7.30.